The summed E-state index contributed by atoms with van der Waals surface area (Å²) in [6.07, 6.45) is 4.68. The van der Waals surface area contributed by atoms with Gasteiger partial charge in [0, 0.05) is 22.0 Å². The molecule has 4 heteroatoms. The molecule has 0 radical (unpaired) electrons. The van der Waals surface area contributed by atoms with Crippen molar-refractivity contribution in [1.29, 1.82) is 0 Å². The van der Waals surface area contributed by atoms with E-state index in [1.807, 2.05) is 30.3 Å². The van der Waals surface area contributed by atoms with Gasteiger partial charge in [0.25, 0.3) is 5.91 Å². The van der Waals surface area contributed by atoms with E-state index in [2.05, 4.69) is 21.2 Å². The molecule has 0 saturated heterocycles. The number of benzene rings is 1. The van der Waals surface area contributed by atoms with Gasteiger partial charge in [0.05, 0.1) is 12.3 Å². The SMILES string of the molecule is O=C(NC1CCCc2occc21)c1cccc(Br)c1. The summed E-state index contributed by atoms with van der Waals surface area (Å²) in [5.74, 6) is 0.964. The summed E-state index contributed by atoms with van der Waals surface area (Å²) in [5, 5.41) is 3.08. The quantitative estimate of drug-likeness (QED) is 0.913. The predicted molar refractivity (Wildman–Crippen MR) is 76.0 cm³/mol. The van der Waals surface area contributed by atoms with E-state index < -0.39 is 0 Å². The Hall–Kier alpha value is -1.55. The number of rotatable bonds is 2. The van der Waals surface area contributed by atoms with Gasteiger partial charge in [-0.3, -0.25) is 4.79 Å². The number of amides is 1. The van der Waals surface area contributed by atoms with Gasteiger partial charge in [-0.25, -0.2) is 0 Å². The maximum absolute atomic E-state index is 12.2. The van der Waals surface area contributed by atoms with Crippen LogP contribution >= 0.6 is 15.9 Å². The van der Waals surface area contributed by atoms with Crippen molar-refractivity contribution in [3.63, 3.8) is 0 Å². The number of carbonyl (C=O) groups is 1. The van der Waals surface area contributed by atoms with Crippen molar-refractivity contribution in [2.45, 2.75) is 25.3 Å². The highest BCUT2D eigenvalue weighted by atomic mass is 79.9. The summed E-state index contributed by atoms with van der Waals surface area (Å²) in [4.78, 5) is 12.2. The monoisotopic (exact) mass is 319 g/mol. The number of hydrogen-bond donors (Lipinski definition) is 1. The van der Waals surface area contributed by atoms with Gasteiger partial charge in [-0.15, -0.1) is 0 Å². The van der Waals surface area contributed by atoms with Crippen molar-refractivity contribution in [3.05, 3.63) is 58.0 Å². The molecule has 1 N–H and O–H groups in total. The molecule has 1 unspecified atom stereocenters. The Kier molecular flexibility index (Phi) is 3.42. The molecule has 1 aromatic heterocycles. The van der Waals surface area contributed by atoms with Crippen LogP contribution in [0, 0.1) is 0 Å². The second-order valence-corrected chi connectivity index (χ2v) is 5.64. The lowest BCUT2D eigenvalue weighted by atomic mass is 9.93. The van der Waals surface area contributed by atoms with Crippen LogP contribution < -0.4 is 5.32 Å². The third-order valence-corrected chi connectivity index (χ3v) is 3.94. The van der Waals surface area contributed by atoms with Crippen molar-refractivity contribution in [3.8, 4) is 0 Å². The van der Waals surface area contributed by atoms with Crippen LogP contribution in [0.15, 0.2) is 45.5 Å². The standard InChI is InChI=1S/C15H14BrNO2/c16-11-4-1-3-10(9-11)15(18)17-13-5-2-6-14-12(13)7-8-19-14/h1,3-4,7-9,13H,2,5-6H2,(H,17,18). The summed E-state index contributed by atoms with van der Waals surface area (Å²) in [7, 11) is 0. The first-order valence-electron chi connectivity index (χ1n) is 6.37. The minimum absolute atomic E-state index is 0.0413. The fourth-order valence-electron chi connectivity index (χ4n) is 2.51. The molecule has 1 heterocycles. The van der Waals surface area contributed by atoms with Gasteiger partial charge in [0.1, 0.15) is 5.76 Å². The number of aryl methyl sites for hydroxylation is 1. The topological polar surface area (TPSA) is 42.2 Å². The minimum Gasteiger partial charge on any atom is -0.469 e. The Morgan fingerprint density at radius 3 is 3.11 bits per heavy atom. The number of halogens is 1. The molecule has 1 aliphatic carbocycles. The molecular weight excluding hydrogens is 306 g/mol. The van der Waals surface area contributed by atoms with Crippen LogP contribution in [0.2, 0.25) is 0 Å². The molecule has 3 rings (SSSR count). The molecule has 98 valence electrons. The summed E-state index contributed by atoms with van der Waals surface area (Å²) in [6.45, 7) is 0. The van der Waals surface area contributed by atoms with E-state index in [4.69, 9.17) is 4.42 Å². The Bertz CT molecular complexity index is 606. The lowest BCUT2D eigenvalue weighted by Crippen LogP contribution is -2.30. The van der Waals surface area contributed by atoms with Crippen molar-refractivity contribution in [2.24, 2.45) is 0 Å². The Labute approximate surface area is 120 Å². The predicted octanol–water partition coefficient (Wildman–Crippen LogP) is 3.85. The first kappa shape index (κ1) is 12.5. The fraction of sp³-hybridized carbons (Fsp3) is 0.267. The van der Waals surface area contributed by atoms with Crippen LogP contribution in [0.5, 0.6) is 0 Å². The molecule has 3 nitrogen and oxygen atoms in total. The number of hydrogen-bond acceptors (Lipinski definition) is 2. The van der Waals surface area contributed by atoms with Crippen LogP contribution in [0.25, 0.3) is 0 Å². The highest BCUT2D eigenvalue weighted by Crippen LogP contribution is 2.30. The molecule has 1 atom stereocenters. The highest BCUT2D eigenvalue weighted by molar-refractivity contribution is 9.10. The van der Waals surface area contributed by atoms with E-state index in [9.17, 15) is 4.79 Å². The zero-order valence-corrected chi connectivity index (χ0v) is 11.9. The number of nitrogens with one attached hydrogen (secondary N) is 1. The molecule has 1 aliphatic rings. The van der Waals surface area contributed by atoms with E-state index >= 15 is 0 Å². The van der Waals surface area contributed by atoms with Gasteiger partial charge >= 0.3 is 0 Å². The second kappa shape index (κ2) is 5.21. The van der Waals surface area contributed by atoms with Crippen LogP contribution in [-0.2, 0) is 6.42 Å². The first-order chi connectivity index (χ1) is 9.24. The molecule has 1 amide bonds. The largest absolute Gasteiger partial charge is 0.469 e. The van der Waals surface area contributed by atoms with Crippen molar-refractivity contribution < 1.29 is 9.21 Å². The Balaban J connectivity index is 1.78. The zero-order valence-electron chi connectivity index (χ0n) is 10.4. The van der Waals surface area contributed by atoms with Gasteiger partial charge in [-0.05, 0) is 37.1 Å². The Morgan fingerprint density at radius 2 is 2.26 bits per heavy atom. The highest BCUT2D eigenvalue weighted by Gasteiger charge is 2.24. The number of carbonyl (C=O) groups excluding carboxylic acids is 1. The number of furan rings is 1. The third-order valence-electron chi connectivity index (χ3n) is 3.44. The molecular formula is C15H14BrNO2. The third kappa shape index (κ3) is 2.59. The fourth-order valence-corrected chi connectivity index (χ4v) is 2.91. The molecule has 1 aromatic carbocycles. The molecule has 2 aromatic rings. The van der Waals surface area contributed by atoms with Crippen LogP contribution in [-0.4, -0.2) is 5.91 Å². The molecule has 0 fully saturated rings. The lowest BCUT2D eigenvalue weighted by Gasteiger charge is -2.22. The Morgan fingerprint density at radius 1 is 1.37 bits per heavy atom. The minimum atomic E-state index is -0.0413. The van der Waals surface area contributed by atoms with Gasteiger partial charge < -0.3 is 9.73 Å². The summed E-state index contributed by atoms with van der Waals surface area (Å²) in [6, 6.07) is 9.44. The van der Waals surface area contributed by atoms with Crippen LogP contribution in [0.4, 0.5) is 0 Å². The maximum atomic E-state index is 12.2. The smallest absolute Gasteiger partial charge is 0.251 e. The van der Waals surface area contributed by atoms with Crippen LogP contribution in [0.3, 0.4) is 0 Å². The van der Waals surface area contributed by atoms with Crippen molar-refractivity contribution >= 4 is 21.8 Å². The summed E-state index contributed by atoms with van der Waals surface area (Å²) in [5.41, 5.74) is 1.79. The summed E-state index contributed by atoms with van der Waals surface area (Å²) >= 11 is 3.38. The van der Waals surface area contributed by atoms with Crippen molar-refractivity contribution in [2.75, 3.05) is 0 Å². The summed E-state index contributed by atoms with van der Waals surface area (Å²) < 4.78 is 6.34. The van der Waals surface area contributed by atoms with E-state index in [-0.39, 0.29) is 11.9 Å². The van der Waals surface area contributed by atoms with E-state index in [0.29, 0.717) is 5.56 Å². The van der Waals surface area contributed by atoms with Gasteiger partial charge in [-0.2, -0.15) is 0 Å². The average Bonchev–Trinajstić information content (AvgIpc) is 2.88. The molecule has 19 heavy (non-hydrogen) atoms. The van der Waals surface area contributed by atoms with Gasteiger partial charge in [0.15, 0.2) is 0 Å². The lowest BCUT2D eigenvalue weighted by molar-refractivity contribution is 0.0932. The maximum Gasteiger partial charge on any atom is 0.251 e. The van der Waals surface area contributed by atoms with E-state index in [1.165, 1.54) is 0 Å². The molecule has 0 aliphatic heterocycles. The van der Waals surface area contributed by atoms with Gasteiger partial charge in [0.2, 0.25) is 0 Å². The second-order valence-electron chi connectivity index (χ2n) is 4.73. The van der Waals surface area contributed by atoms with E-state index in [0.717, 1.165) is 35.1 Å². The average molecular weight is 320 g/mol. The zero-order chi connectivity index (χ0) is 13.2. The first-order valence-corrected chi connectivity index (χ1v) is 7.16. The molecule has 0 saturated carbocycles. The molecule has 0 bridgehead atoms. The molecule has 0 spiro atoms. The van der Waals surface area contributed by atoms with Crippen molar-refractivity contribution in [1.82, 2.24) is 5.32 Å². The van der Waals surface area contributed by atoms with Crippen LogP contribution in [0.1, 0.15) is 40.6 Å². The van der Waals surface area contributed by atoms with E-state index in [1.54, 1.807) is 6.26 Å². The number of fused-ring (bicyclic) bond motifs is 1. The normalized spacial score (nSPS) is 17.8. The van der Waals surface area contributed by atoms with Gasteiger partial charge in [-0.1, -0.05) is 22.0 Å².